The maximum absolute atomic E-state index is 13.9. The van der Waals surface area contributed by atoms with Gasteiger partial charge in [0.05, 0.1) is 0 Å². The van der Waals surface area contributed by atoms with E-state index in [-0.39, 0.29) is 6.08 Å². The molecule has 182 valence electrons. The number of hydrogen-bond acceptors (Lipinski definition) is 0. The molecule has 0 N–H and O–H groups in total. The first-order chi connectivity index (χ1) is 13.3. The molecule has 1 aliphatic rings. The van der Waals surface area contributed by atoms with Crippen LogP contribution in [0.1, 0.15) is 6.42 Å². The molecule has 0 saturated carbocycles. The van der Waals surface area contributed by atoms with Crippen molar-refractivity contribution in [3.63, 3.8) is 0 Å². The predicted octanol–water partition coefficient (Wildman–Crippen LogP) is 5.58. The molecule has 0 spiro atoms. The first kappa shape index (κ1) is 27.5. The topological polar surface area (TPSA) is 0 Å². The van der Waals surface area contributed by atoms with Crippen molar-refractivity contribution in [2.45, 2.75) is 54.1 Å². The van der Waals surface area contributed by atoms with Gasteiger partial charge in [-0.3, -0.25) is 0 Å². The summed E-state index contributed by atoms with van der Waals surface area (Å²) in [5.41, 5.74) is -2.05. The molecule has 0 bridgehead atoms. The monoisotopic (exact) mass is 514 g/mol. The zero-order valence-corrected chi connectivity index (χ0v) is 16.3. The molecule has 0 radical (unpaired) electrons. The van der Waals surface area contributed by atoms with Crippen molar-refractivity contribution in [1.29, 1.82) is 0 Å². The highest BCUT2D eigenvalue weighted by molar-refractivity contribution is 6.22. The molecule has 0 fully saturated rings. The second-order valence-electron chi connectivity index (χ2n) is 6.32. The van der Waals surface area contributed by atoms with Crippen LogP contribution in [0.25, 0.3) is 0 Å². The van der Waals surface area contributed by atoms with Gasteiger partial charge in [-0.25, -0.2) is 0 Å². The van der Waals surface area contributed by atoms with Crippen LogP contribution in [0, 0.1) is 0 Å². The zero-order chi connectivity index (χ0) is 25.3. The van der Waals surface area contributed by atoms with Gasteiger partial charge in [-0.1, -0.05) is 17.3 Å². The highest BCUT2D eigenvalue weighted by Gasteiger charge is 2.95. The standard InChI is InChI=1S/C13H7F17Si/c14-6(15,4-2-1-3-5(4)31)7(16,17)8(18,19)9(20,21)10(22,23)11(24,25)12(26,27)13(28,29)30/h1-2H,3H2,31H3. The first-order valence-electron chi connectivity index (χ1n) is 7.35. The largest absolute Gasteiger partial charge is 0.460 e. The molecule has 0 aliphatic heterocycles. The van der Waals surface area contributed by atoms with Crippen LogP contribution in [0.5, 0.6) is 0 Å². The minimum absolute atomic E-state index is 0.0228. The van der Waals surface area contributed by atoms with Crippen molar-refractivity contribution in [2.24, 2.45) is 0 Å². The molecule has 0 saturated heterocycles. The van der Waals surface area contributed by atoms with Crippen molar-refractivity contribution in [1.82, 2.24) is 0 Å². The third kappa shape index (κ3) is 3.33. The summed E-state index contributed by atoms with van der Waals surface area (Å²) in [6.07, 6.45) is -7.65. The third-order valence-corrected chi connectivity index (χ3v) is 5.18. The van der Waals surface area contributed by atoms with E-state index in [1.165, 1.54) is 0 Å². The van der Waals surface area contributed by atoms with E-state index in [2.05, 4.69) is 0 Å². The molecule has 0 aromatic heterocycles. The van der Waals surface area contributed by atoms with E-state index in [4.69, 9.17) is 0 Å². The molecule has 31 heavy (non-hydrogen) atoms. The molecule has 0 aromatic carbocycles. The quantitative estimate of drug-likeness (QED) is 0.308. The second-order valence-corrected chi connectivity index (χ2v) is 7.53. The van der Waals surface area contributed by atoms with Gasteiger partial charge in [0.15, 0.2) is 0 Å². The lowest BCUT2D eigenvalue weighted by molar-refractivity contribution is -0.460. The minimum atomic E-state index is -8.59. The molecule has 1 aliphatic carbocycles. The van der Waals surface area contributed by atoms with Crippen LogP contribution in [-0.4, -0.2) is 57.9 Å². The Balaban J connectivity index is 3.70. The van der Waals surface area contributed by atoms with Crippen LogP contribution in [0.15, 0.2) is 22.9 Å². The molecule has 0 heterocycles. The molecule has 0 atom stereocenters. The molecule has 0 amide bonds. The lowest BCUT2D eigenvalue weighted by Gasteiger charge is -2.43. The highest BCUT2D eigenvalue weighted by Crippen LogP contribution is 2.64. The Morgan fingerprint density at radius 1 is 0.516 bits per heavy atom. The van der Waals surface area contributed by atoms with Crippen molar-refractivity contribution in [2.75, 3.05) is 0 Å². The number of halogens is 17. The lowest BCUT2D eigenvalue weighted by atomic mass is 9.87. The Bertz CT molecular complexity index is 769. The number of alkyl halides is 17. The average Bonchev–Trinajstić information content (AvgIpc) is 2.99. The Morgan fingerprint density at radius 3 is 1.13 bits per heavy atom. The van der Waals surface area contributed by atoms with Gasteiger partial charge in [0.25, 0.3) is 0 Å². The van der Waals surface area contributed by atoms with Crippen molar-refractivity contribution in [3.05, 3.63) is 22.9 Å². The molecule has 0 aromatic rings. The lowest BCUT2D eigenvalue weighted by Crippen LogP contribution is -2.74. The van der Waals surface area contributed by atoms with Gasteiger partial charge in [0.2, 0.25) is 0 Å². The van der Waals surface area contributed by atoms with E-state index in [0.29, 0.717) is 6.08 Å². The SMILES string of the molecule is FC(F)(F)C(F)(F)C(F)(F)C(F)(F)C(F)(F)C(F)(F)C(F)(F)C(F)(F)C1=C([SiH3])CC=C1. The van der Waals surface area contributed by atoms with Crippen LogP contribution in [-0.2, 0) is 0 Å². The predicted molar refractivity (Wildman–Crippen MR) is 71.4 cm³/mol. The van der Waals surface area contributed by atoms with Crippen LogP contribution in [0.2, 0.25) is 0 Å². The number of allylic oxidation sites excluding steroid dienone is 4. The van der Waals surface area contributed by atoms with Gasteiger partial charge in [-0.05, 0) is 6.42 Å². The Kier molecular flexibility index (Phi) is 6.22. The van der Waals surface area contributed by atoms with Crippen LogP contribution < -0.4 is 0 Å². The van der Waals surface area contributed by atoms with E-state index in [9.17, 15) is 74.6 Å². The van der Waals surface area contributed by atoms with Gasteiger partial charge in [0.1, 0.15) is 0 Å². The fourth-order valence-corrected chi connectivity index (χ4v) is 3.03. The van der Waals surface area contributed by atoms with Gasteiger partial charge in [0, 0.05) is 15.8 Å². The summed E-state index contributed by atoms with van der Waals surface area (Å²) in [6.45, 7) is 0. The van der Waals surface area contributed by atoms with Crippen molar-refractivity contribution < 1.29 is 74.6 Å². The molecular weight excluding hydrogens is 507 g/mol. The van der Waals surface area contributed by atoms with E-state index in [1.807, 2.05) is 0 Å². The normalized spacial score (nSPS) is 18.4. The Labute approximate surface area is 163 Å². The summed E-state index contributed by atoms with van der Waals surface area (Å²) in [5.74, 6) is -56.1. The summed E-state index contributed by atoms with van der Waals surface area (Å²) in [4.78, 5) is 0. The summed E-state index contributed by atoms with van der Waals surface area (Å²) in [6, 6.07) is 0. The van der Waals surface area contributed by atoms with Gasteiger partial charge >= 0.3 is 47.6 Å². The smallest absolute Gasteiger partial charge is 0.194 e. The first-order valence-corrected chi connectivity index (χ1v) is 8.35. The second kappa shape index (κ2) is 7.00. The Morgan fingerprint density at radius 2 is 0.839 bits per heavy atom. The summed E-state index contributed by atoms with van der Waals surface area (Å²) >= 11 is 0. The maximum Gasteiger partial charge on any atom is 0.460 e. The average molecular weight is 514 g/mol. The fourth-order valence-electron chi connectivity index (χ4n) is 2.31. The van der Waals surface area contributed by atoms with Crippen molar-refractivity contribution in [3.8, 4) is 0 Å². The van der Waals surface area contributed by atoms with Crippen molar-refractivity contribution >= 4 is 10.2 Å². The van der Waals surface area contributed by atoms with E-state index < -0.39 is 75.1 Å². The molecule has 1 rings (SSSR count). The van der Waals surface area contributed by atoms with E-state index in [1.54, 1.807) is 0 Å². The molecule has 0 unspecified atom stereocenters. The van der Waals surface area contributed by atoms with Gasteiger partial charge in [-0.2, -0.15) is 74.6 Å². The highest BCUT2D eigenvalue weighted by atomic mass is 28.1. The zero-order valence-electron chi connectivity index (χ0n) is 14.3. The van der Waals surface area contributed by atoms with Crippen LogP contribution in [0.4, 0.5) is 74.6 Å². The van der Waals surface area contributed by atoms with E-state index in [0.717, 1.165) is 0 Å². The molecular formula is C13H7F17Si. The molecule has 18 heteroatoms. The summed E-state index contributed by atoms with van der Waals surface area (Å²) in [5, 5.41) is -0.732. The number of rotatable bonds is 7. The number of hydrogen-bond donors (Lipinski definition) is 0. The fraction of sp³-hybridized carbons (Fsp3) is 0.692. The van der Waals surface area contributed by atoms with E-state index >= 15 is 0 Å². The van der Waals surface area contributed by atoms with Gasteiger partial charge in [-0.15, -0.1) is 0 Å². The maximum atomic E-state index is 13.9. The summed E-state index contributed by atoms with van der Waals surface area (Å²) in [7, 11) is -0.572. The Hall–Kier alpha value is -1.49. The third-order valence-electron chi connectivity index (χ3n) is 4.23. The van der Waals surface area contributed by atoms with Crippen LogP contribution in [0.3, 0.4) is 0 Å². The summed E-state index contributed by atoms with van der Waals surface area (Å²) < 4.78 is 223. The van der Waals surface area contributed by atoms with Gasteiger partial charge < -0.3 is 0 Å². The van der Waals surface area contributed by atoms with Crippen LogP contribution >= 0.6 is 0 Å². The minimum Gasteiger partial charge on any atom is -0.194 e. The molecule has 0 nitrogen and oxygen atoms in total.